The molecule has 176 valence electrons. The van der Waals surface area contributed by atoms with Gasteiger partial charge in [-0.3, -0.25) is 4.79 Å². The second-order valence-corrected chi connectivity index (χ2v) is 8.99. The fourth-order valence-corrected chi connectivity index (χ4v) is 4.87. The van der Waals surface area contributed by atoms with Crippen LogP contribution >= 0.6 is 0 Å². The second kappa shape index (κ2) is 10.2. The first-order valence-corrected chi connectivity index (χ1v) is 12.1. The van der Waals surface area contributed by atoms with Gasteiger partial charge in [-0.15, -0.1) is 0 Å². The molecular weight excluding hydrogens is 426 g/mol. The van der Waals surface area contributed by atoms with Gasteiger partial charge < -0.3 is 19.9 Å². The molecule has 3 aromatic rings. The van der Waals surface area contributed by atoms with Crippen LogP contribution in [0.2, 0.25) is 0 Å². The van der Waals surface area contributed by atoms with Crippen LogP contribution in [0.25, 0.3) is 11.1 Å². The van der Waals surface area contributed by atoms with Crippen LogP contribution in [0.3, 0.4) is 0 Å². The zero-order chi connectivity index (χ0) is 23.3. The van der Waals surface area contributed by atoms with Crippen LogP contribution in [0.1, 0.15) is 36.0 Å². The summed E-state index contributed by atoms with van der Waals surface area (Å²) in [7, 11) is 1.65. The molecule has 2 aliphatic rings. The van der Waals surface area contributed by atoms with Crippen molar-refractivity contribution in [2.24, 2.45) is 0 Å². The Morgan fingerprint density at radius 1 is 0.882 bits per heavy atom. The van der Waals surface area contributed by atoms with Crippen LogP contribution in [-0.4, -0.2) is 65.0 Å². The van der Waals surface area contributed by atoms with Gasteiger partial charge >= 0.3 is 0 Å². The predicted octanol–water partition coefficient (Wildman–Crippen LogP) is 4.60. The van der Waals surface area contributed by atoms with Crippen molar-refractivity contribution in [3.8, 4) is 16.9 Å². The van der Waals surface area contributed by atoms with E-state index in [1.54, 1.807) is 19.5 Å². The third-order valence-electron chi connectivity index (χ3n) is 6.87. The number of aromatic nitrogens is 2. The van der Waals surface area contributed by atoms with Crippen LogP contribution < -0.4 is 10.1 Å². The Balaban J connectivity index is 1.16. The van der Waals surface area contributed by atoms with Gasteiger partial charge in [0, 0.05) is 48.3 Å². The number of ether oxygens (including phenoxy) is 1. The number of nitrogens with zero attached hydrogens (tertiary/aromatic N) is 4. The topological polar surface area (TPSA) is 70.6 Å². The summed E-state index contributed by atoms with van der Waals surface area (Å²) in [5.41, 5.74) is 3.53. The van der Waals surface area contributed by atoms with Gasteiger partial charge in [-0.05, 0) is 80.7 Å². The molecule has 3 heterocycles. The number of rotatable bonds is 6. The summed E-state index contributed by atoms with van der Waals surface area (Å²) in [6.45, 7) is 4.13. The first-order chi connectivity index (χ1) is 16.7. The van der Waals surface area contributed by atoms with E-state index in [2.05, 4.69) is 20.2 Å². The molecule has 0 atom stereocenters. The number of amides is 1. The van der Waals surface area contributed by atoms with E-state index in [0.29, 0.717) is 12.0 Å². The van der Waals surface area contributed by atoms with E-state index in [0.717, 1.165) is 54.1 Å². The third kappa shape index (κ3) is 5.04. The van der Waals surface area contributed by atoms with Crippen LogP contribution in [-0.2, 0) is 0 Å². The molecule has 1 aromatic heterocycles. The monoisotopic (exact) mass is 457 g/mol. The number of piperidine rings is 1. The van der Waals surface area contributed by atoms with E-state index < -0.39 is 0 Å². The number of hydrogen-bond acceptors (Lipinski definition) is 6. The van der Waals surface area contributed by atoms with E-state index in [9.17, 15) is 4.79 Å². The van der Waals surface area contributed by atoms with Crippen molar-refractivity contribution in [1.29, 1.82) is 0 Å². The van der Waals surface area contributed by atoms with Crippen molar-refractivity contribution in [2.75, 3.05) is 38.6 Å². The zero-order valence-corrected chi connectivity index (χ0v) is 19.6. The Bertz CT molecular complexity index is 1090. The SMILES string of the molecule is COc1ccc(-c2cnc(Nc3ccc(C(=O)N4CCC(N5CCCC5)CC4)cc3)nc2)cc1. The number of carbonyl (C=O) groups excluding carboxylic acids is 1. The lowest BCUT2D eigenvalue weighted by Gasteiger charge is -2.36. The lowest BCUT2D eigenvalue weighted by Crippen LogP contribution is -2.45. The molecule has 0 bridgehead atoms. The molecule has 2 aliphatic heterocycles. The first kappa shape index (κ1) is 22.3. The number of methoxy groups -OCH3 is 1. The van der Waals surface area contributed by atoms with Gasteiger partial charge in [-0.25, -0.2) is 9.97 Å². The summed E-state index contributed by atoms with van der Waals surface area (Å²) in [6.07, 6.45) is 8.38. The highest BCUT2D eigenvalue weighted by Crippen LogP contribution is 2.24. The van der Waals surface area contributed by atoms with Gasteiger partial charge in [0.2, 0.25) is 5.95 Å². The van der Waals surface area contributed by atoms with Crippen molar-refractivity contribution in [1.82, 2.24) is 19.8 Å². The number of anilines is 2. The normalized spacial score (nSPS) is 17.0. The molecule has 2 aromatic carbocycles. The predicted molar refractivity (Wildman–Crippen MR) is 133 cm³/mol. The summed E-state index contributed by atoms with van der Waals surface area (Å²) in [6, 6.07) is 16.0. The molecule has 0 spiro atoms. The number of nitrogens with one attached hydrogen (secondary N) is 1. The average molecular weight is 458 g/mol. The molecule has 7 nitrogen and oxygen atoms in total. The summed E-state index contributed by atoms with van der Waals surface area (Å²) < 4.78 is 5.20. The molecule has 5 rings (SSSR count). The molecular formula is C27H31N5O2. The molecule has 1 N–H and O–H groups in total. The highest BCUT2D eigenvalue weighted by molar-refractivity contribution is 5.94. The summed E-state index contributed by atoms with van der Waals surface area (Å²) >= 11 is 0. The summed E-state index contributed by atoms with van der Waals surface area (Å²) in [5, 5.41) is 3.21. The Morgan fingerprint density at radius 3 is 2.15 bits per heavy atom. The minimum atomic E-state index is 0.117. The maximum absolute atomic E-state index is 13.0. The molecule has 0 saturated carbocycles. The maximum Gasteiger partial charge on any atom is 0.253 e. The van der Waals surface area contributed by atoms with Gasteiger partial charge in [0.25, 0.3) is 5.91 Å². The molecule has 0 aliphatic carbocycles. The molecule has 2 saturated heterocycles. The fourth-order valence-electron chi connectivity index (χ4n) is 4.87. The van der Waals surface area contributed by atoms with E-state index in [1.165, 1.54) is 25.9 Å². The molecule has 1 amide bonds. The standard InChI is InChI=1S/C27H31N5O2/c1-34-25-10-6-20(7-11-25)22-18-28-27(29-19-22)30-23-8-4-21(5-9-23)26(33)32-16-12-24(13-17-32)31-14-2-3-15-31/h4-11,18-19,24H,2-3,12-17H2,1H3,(H,28,29,30). The quantitative estimate of drug-likeness (QED) is 0.584. The van der Waals surface area contributed by atoms with Crippen molar-refractivity contribution in [2.45, 2.75) is 31.7 Å². The fraction of sp³-hybridized carbons (Fsp3) is 0.370. The van der Waals surface area contributed by atoms with E-state index >= 15 is 0 Å². The maximum atomic E-state index is 13.0. The largest absolute Gasteiger partial charge is 0.497 e. The highest BCUT2D eigenvalue weighted by atomic mass is 16.5. The Morgan fingerprint density at radius 2 is 1.53 bits per heavy atom. The van der Waals surface area contributed by atoms with E-state index in [4.69, 9.17) is 4.74 Å². The van der Waals surface area contributed by atoms with Gasteiger partial charge in [0.05, 0.1) is 7.11 Å². The summed E-state index contributed by atoms with van der Waals surface area (Å²) in [4.78, 5) is 26.4. The van der Waals surface area contributed by atoms with E-state index in [-0.39, 0.29) is 5.91 Å². The minimum Gasteiger partial charge on any atom is -0.497 e. The molecule has 0 radical (unpaired) electrons. The van der Waals surface area contributed by atoms with Gasteiger partial charge in [-0.2, -0.15) is 0 Å². The number of carbonyl (C=O) groups is 1. The van der Waals surface area contributed by atoms with Crippen LogP contribution in [0.15, 0.2) is 60.9 Å². The third-order valence-corrected chi connectivity index (χ3v) is 6.87. The van der Waals surface area contributed by atoms with Gasteiger partial charge in [0.15, 0.2) is 0 Å². The van der Waals surface area contributed by atoms with Crippen molar-refractivity contribution in [3.05, 3.63) is 66.5 Å². The number of benzene rings is 2. The lowest BCUT2D eigenvalue weighted by atomic mass is 10.0. The van der Waals surface area contributed by atoms with Gasteiger partial charge in [-0.1, -0.05) is 12.1 Å². The second-order valence-electron chi connectivity index (χ2n) is 8.99. The average Bonchev–Trinajstić information content (AvgIpc) is 3.45. The van der Waals surface area contributed by atoms with Crippen LogP contribution in [0, 0.1) is 0 Å². The summed E-state index contributed by atoms with van der Waals surface area (Å²) in [5.74, 6) is 1.45. The Labute approximate surface area is 200 Å². The number of hydrogen-bond donors (Lipinski definition) is 1. The lowest BCUT2D eigenvalue weighted by molar-refractivity contribution is 0.0644. The first-order valence-electron chi connectivity index (χ1n) is 12.1. The van der Waals surface area contributed by atoms with Crippen molar-refractivity contribution in [3.63, 3.8) is 0 Å². The van der Waals surface area contributed by atoms with Gasteiger partial charge in [0.1, 0.15) is 5.75 Å². The molecule has 0 unspecified atom stereocenters. The zero-order valence-electron chi connectivity index (χ0n) is 19.6. The molecule has 7 heteroatoms. The van der Waals surface area contributed by atoms with E-state index in [1.807, 2.05) is 53.4 Å². The number of likely N-dealkylation sites (tertiary alicyclic amines) is 2. The minimum absolute atomic E-state index is 0.117. The Kier molecular flexibility index (Phi) is 6.72. The highest BCUT2D eigenvalue weighted by Gasteiger charge is 2.28. The Hall–Kier alpha value is -3.45. The van der Waals surface area contributed by atoms with Crippen molar-refractivity contribution >= 4 is 17.5 Å². The smallest absolute Gasteiger partial charge is 0.253 e. The molecule has 34 heavy (non-hydrogen) atoms. The van der Waals surface area contributed by atoms with Crippen LogP contribution in [0.5, 0.6) is 5.75 Å². The van der Waals surface area contributed by atoms with Crippen LogP contribution in [0.4, 0.5) is 11.6 Å². The van der Waals surface area contributed by atoms with Crippen molar-refractivity contribution < 1.29 is 9.53 Å². The molecule has 2 fully saturated rings.